The molecule has 3 aromatic rings. The van der Waals surface area contributed by atoms with Crippen molar-refractivity contribution in [3.63, 3.8) is 0 Å². The van der Waals surface area contributed by atoms with Crippen LogP contribution < -0.4 is 5.32 Å². The van der Waals surface area contributed by atoms with E-state index in [9.17, 15) is 9.59 Å². The van der Waals surface area contributed by atoms with Crippen LogP contribution in [0.15, 0.2) is 89.0 Å². The number of amidine groups is 1. The fraction of sp³-hybridized carbons (Fsp3) is 0.185. The van der Waals surface area contributed by atoms with E-state index in [1.54, 1.807) is 5.01 Å². The standard InChI is InChI=1S/C27H23ClN4O2S/c1-17-11-13-18(14-12-17)22-15-23(20-9-5-6-10-21(20)28)32(31-22)27-30-26(34)24(35-27)16-25(33)29-19-7-3-2-4-8-19/h2-14,23-24H,15-16H2,1H3,(H,29,33)/t23-,24+/m0/s1. The lowest BCUT2D eigenvalue weighted by Gasteiger charge is -2.23. The number of halogens is 1. The van der Waals surface area contributed by atoms with E-state index >= 15 is 0 Å². The highest BCUT2D eigenvalue weighted by molar-refractivity contribution is 8.15. The molecule has 0 fully saturated rings. The summed E-state index contributed by atoms with van der Waals surface area (Å²) in [6, 6.07) is 24.8. The summed E-state index contributed by atoms with van der Waals surface area (Å²) < 4.78 is 0. The predicted molar refractivity (Wildman–Crippen MR) is 142 cm³/mol. The smallest absolute Gasteiger partial charge is 0.262 e. The molecule has 0 spiro atoms. The van der Waals surface area contributed by atoms with Gasteiger partial charge in [0.2, 0.25) is 5.91 Å². The van der Waals surface area contributed by atoms with Gasteiger partial charge in [0, 0.05) is 23.6 Å². The van der Waals surface area contributed by atoms with E-state index in [4.69, 9.17) is 16.7 Å². The molecule has 0 saturated carbocycles. The molecule has 0 radical (unpaired) electrons. The van der Waals surface area contributed by atoms with Gasteiger partial charge >= 0.3 is 0 Å². The number of hydrogen-bond acceptors (Lipinski definition) is 5. The SMILES string of the molecule is Cc1ccc(C2=NN(C3=NC(=O)[C@@H](CC(=O)Nc4ccccc4)S3)[C@H](c3ccccc3Cl)C2)cc1. The van der Waals surface area contributed by atoms with Crippen LogP contribution in [0.3, 0.4) is 0 Å². The molecule has 5 rings (SSSR count). The number of carbonyl (C=O) groups excluding carboxylic acids is 2. The molecule has 1 N–H and O–H groups in total. The van der Waals surface area contributed by atoms with Crippen molar-refractivity contribution in [1.29, 1.82) is 0 Å². The molecule has 0 saturated heterocycles. The first-order valence-corrected chi connectivity index (χ1v) is 12.6. The number of para-hydroxylation sites is 1. The van der Waals surface area contributed by atoms with E-state index in [1.165, 1.54) is 17.3 Å². The van der Waals surface area contributed by atoms with Gasteiger partial charge in [-0.1, -0.05) is 89.6 Å². The van der Waals surface area contributed by atoms with Gasteiger partial charge in [0.1, 0.15) is 5.25 Å². The number of carbonyl (C=O) groups is 2. The number of anilines is 1. The van der Waals surface area contributed by atoms with E-state index in [-0.39, 0.29) is 24.3 Å². The Hall–Kier alpha value is -3.42. The number of nitrogens with zero attached hydrogens (tertiary/aromatic N) is 3. The molecule has 6 nitrogen and oxygen atoms in total. The van der Waals surface area contributed by atoms with E-state index in [0.29, 0.717) is 22.3 Å². The van der Waals surface area contributed by atoms with E-state index in [0.717, 1.165) is 16.8 Å². The minimum atomic E-state index is -0.598. The summed E-state index contributed by atoms with van der Waals surface area (Å²) in [5.41, 5.74) is 4.70. The van der Waals surface area contributed by atoms with Gasteiger partial charge in [0.05, 0.1) is 11.8 Å². The van der Waals surface area contributed by atoms with Gasteiger partial charge in [0.15, 0.2) is 5.17 Å². The topological polar surface area (TPSA) is 74.1 Å². The highest BCUT2D eigenvalue weighted by atomic mass is 35.5. The summed E-state index contributed by atoms with van der Waals surface area (Å²) in [7, 11) is 0. The van der Waals surface area contributed by atoms with Crippen molar-refractivity contribution >= 4 is 51.7 Å². The first-order valence-electron chi connectivity index (χ1n) is 11.3. The zero-order valence-corrected chi connectivity index (χ0v) is 20.6. The second kappa shape index (κ2) is 10.1. The van der Waals surface area contributed by atoms with Gasteiger partial charge in [0.25, 0.3) is 5.91 Å². The summed E-state index contributed by atoms with van der Waals surface area (Å²) in [6.45, 7) is 2.04. The van der Waals surface area contributed by atoms with Crippen molar-refractivity contribution < 1.29 is 9.59 Å². The average molecular weight is 503 g/mol. The van der Waals surface area contributed by atoms with E-state index < -0.39 is 5.25 Å². The first kappa shape index (κ1) is 23.3. The quantitative estimate of drug-likeness (QED) is 0.476. The second-order valence-corrected chi connectivity index (χ2v) is 10.0. The third kappa shape index (κ3) is 5.16. The third-order valence-electron chi connectivity index (χ3n) is 5.91. The largest absolute Gasteiger partial charge is 0.326 e. The number of hydrazone groups is 1. The Bertz CT molecular complexity index is 1320. The van der Waals surface area contributed by atoms with E-state index in [2.05, 4.69) is 22.4 Å². The predicted octanol–water partition coefficient (Wildman–Crippen LogP) is 5.83. The van der Waals surface area contributed by atoms with Crippen LogP contribution in [-0.2, 0) is 9.59 Å². The lowest BCUT2D eigenvalue weighted by atomic mass is 9.98. The van der Waals surface area contributed by atoms with Crippen LogP contribution in [0.25, 0.3) is 0 Å². The highest BCUT2D eigenvalue weighted by Gasteiger charge is 2.39. The van der Waals surface area contributed by atoms with Crippen molar-refractivity contribution in [2.24, 2.45) is 10.1 Å². The van der Waals surface area contributed by atoms with Crippen LogP contribution in [0, 0.1) is 6.92 Å². The van der Waals surface area contributed by atoms with Crippen molar-refractivity contribution in [3.8, 4) is 0 Å². The van der Waals surface area contributed by atoms with Crippen LogP contribution in [0.4, 0.5) is 5.69 Å². The molecule has 0 unspecified atom stereocenters. The monoisotopic (exact) mass is 502 g/mol. The Kier molecular flexibility index (Phi) is 6.70. The van der Waals surface area contributed by atoms with Crippen molar-refractivity contribution in [1.82, 2.24) is 5.01 Å². The van der Waals surface area contributed by atoms with E-state index in [1.807, 2.05) is 73.7 Å². The lowest BCUT2D eigenvalue weighted by Crippen LogP contribution is -2.25. The molecule has 2 heterocycles. The van der Waals surface area contributed by atoms with Crippen LogP contribution >= 0.6 is 23.4 Å². The Labute approximate surface area is 213 Å². The number of hydrogen-bond donors (Lipinski definition) is 1. The summed E-state index contributed by atoms with van der Waals surface area (Å²) in [6.07, 6.45) is 0.657. The number of benzene rings is 3. The number of nitrogens with one attached hydrogen (secondary N) is 1. The number of amides is 2. The number of aliphatic imine (C=N–C) groups is 1. The molecule has 2 amide bonds. The molecule has 0 bridgehead atoms. The molecule has 2 atom stereocenters. The molecule has 0 aliphatic carbocycles. The molecule has 176 valence electrons. The fourth-order valence-electron chi connectivity index (χ4n) is 4.10. The van der Waals surface area contributed by atoms with Crippen LogP contribution in [0.5, 0.6) is 0 Å². The molecule has 35 heavy (non-hydrogen) atoms. The van der Waals surface area contributed by atoms with Gasteiger partial charge in [-0.15, -0.1) is 0 Å². The van der Waals surface area contributed by atoms with Crippen LogP contribution in [0.2, 0.25) is 5.02 Å². The number of thioether (sulfide) groups is 1. The summed E-state index contributed by atoms with van der Waals surface area (Å²) >= 11 is 7.82. The second-order valence-electron chi connectivity index (χ2n) is 8.46. The molecule has 0 aromatic heterocycles. The number of rotatable bonds is 5. The van der Waals surface area contributed by atoms with Gasteiger partial charge in [-0.3, -0.25) is 9.59 Å². The molecular weight excluding hydrogens is 480 g/mol. The van der Waals surface area contributed by atoms with Crippen molar-refractivity contribution in [2.45, 2.75) is 31.1 Å². The Morgan fingerprint density at radius 3 is 2.51 bits per heavy atom. The van der Waals surface area contributed by atoms with Gasteiger partial charge in [-0.25, -0.2) is 5.01 Å². The highest BCUT2D eigenvalue weighted by Crippen LogP contribution is 2.40. The molecule has 2 aliphatic heterocycles. The van der Waals surface area contributed by atoms with Crippen LogP contribution in [-0.4, -0.2) is 33.0 Å². The van der Waals surface area contributed by atoms with Gasteiger partial charge < -0.3 is 5.32 Å². The molecule has 8 heteroatoms. The lowest BCUT2D eigenvalue weighted by molar-refractivity contribution is -0.121. The Balaban J connectivity index is 1.37. The zero-order valence-electron chi connectivity index (χ0n) is 19.0. The summed E-state index contributed by atoms with van der Waals surface area (Å²) in [5.74, 6) is -0.559. The minimum Gasteiger partial charge on any atom is -0.326 e. The Morgan fingerprint density at radius 2 is 1.77 bits per heavy atom. The van der Waals surface area contributed by atoms with Crippen molar-refractivity contribution in [3.05, 3.63) is 101 Å². The summed E-state index contributed by atoms with van der Waals surface area (Å²) in [4.78, 5) is 29.6. The summed E-state index contributed by atoms with van der Waals surface area (Å²) in [5, 5.41) is 10.0. The zero-order chi connectivity index (χ0) is 24.4. The average Bonchev–Trinajstić information content (AvgIpc) is 3.44. The fourth-order valence-corrected chi connectivity index (χ4v) is 5.42. The molecule has 2 aliphatic rings. The van der Waals surface area contributed by atoms with Gasteiger partial charge in [-0.05, 0) is 36.2 Å². The number of aryl methyl sites for hydroxylation is 1. The molecule has 3 aromatic carbocycles. The normalized spacial score (nSPS) is 19.5. The molecular formula is C27H23ClN4O2S. The third-order valence-corrected chi connectivity index (χ3v) is 7.40. The Morgan fingerprint density at radius 1 is 1.06 bits per heavy atom. The maximum absolute atomic E-state index is 12.7. The maximum atomic E-state index is 12.7. The minimum absolute atomic E-state index is 0.0323. The first-order chi connectivity index (χ1) is 17.0. The van der Waals surface area contributed by atoms with Gasteiger partial charge in [-0.2, -0.15) is 10.1 Å². The van der Waals surface area contributed by atoms with Crippen LogP contribution in [0.1, 0.15) is 35.6 Å². The van der Waals surface area contributed by atoms with Crippen molar-refractivity contribution in [2.75, 3.05) is 5.32 Å². The maximum Gasteiger partial charge on any atom is 0.262 e.